The van der Waals surface area contributed by atoms with Crippen molar-refractivity contribution in [2.24, 2.45) is 0 Å². The second-order valence-corrected chi connectivity index (χ2v) is 4.01. The summed E-state index contributed by atoms with van der Waals surface area (Å²) in [7, 11) is 0. The molecule has 2 heterocycles. The van der Waals surface area contributed by atoms with Gasteiger partial charge in [-0.25, -0.2) is 4.98 Å². The van der Waals surface area contributed by atoms with Gasteiger partial charge in [0, 0.05) is 19.3 Å². The van der Waals surface area contributed by atoms with Crippen LogP contribution in [-0.2, 0) is 4.74 Å². The predicted molar refractivity (Wildman–Crippen MR) is 60.2 cm³/mol. The third-order valence-electron chi connectivity index (χ3n) is 2.72. The lowest BCUT2D eigenvalue weighted by Crippen LogP contribution is -2.22. The molecule has 0 aromatic carbocycles. The van der Waals surface area contributed by atoms with Gasteiger partial charge in [-0.1, -0.05) is 0 Å². The summed E-state index contributed by atoms with van der Waals surface area (Å²) in [5.41, 5.74) is 1.07. The zero-order valence-corrected chi connectivity index (χ0v) is 9.49. The molecule has 1 atom stereocenters. The highest BCUT2D eigenvalue weighted by Gasteiger charge is 2.18. The van der Waals surface area contributed by atoms with E-state index in [0.29, 0.717) is 6.04 Å². The molecule has 0 amide bonds. The number of nitrogens with one attached hydrogen (secondary N) is 1. The Hall–Kier alpha value is -1.03. The molecule has 1 aromatic heterocycles. The van der Waals surface area contributed by atoms with E-state index in [-0.39, 0.29) is 0 Å². The van der Waals surface area contributed by atoms with Crippen LogP contribution in [0.4, 0.5) is 5.95 Å². The Kier molecular flexibility index (Phi) is 3.26. The zero-order chi connectivity index (χ0) is 10.7. The standard InChI is InChI=1S/C11H19N3O/c1-3-12-11-13-9(2)7-14(11)10-5-4-6-15-8-10/h7,10H,3-6,8H2,1-2H3,(H,12,13). The van der Waals surface area contributed by atoms with Crippen LogP contribution in [0.25, 0.3) is 0 Å². The second kappa shape index (κ2) is 4.66. The summed E-state index contributed by atoms with van der Waals surface area (Å²) in [4.78, 5) is 4.47. The van der Waals surface area contributed by atoms with Crippen molar-refractivity contribution in [2.75, 3.05) is 25.1 Å². The Morgan fingerprint density at radius 2 is 2.53 bits per heavy atom. The van der Waals surface area contributed by atoms with E-state index in [9.17, 15) is 0 Å². The van der Waals surface area contributed by atoms with E-state index in [1.165, 1.54) is 6.42 Å². The summed E-state index contributed by atoms with van der Waals surface area (Å²) in [6.45, 7) is 6.74. The summed E-state index contributed by atoms with van der Waals surface area (Å²) >= 11 is 0. The number of imidazole rings is 1. The van der Waals surface area contributed by atoms with Gasteiger partial charge in [-0.05, 0) is 26.7 Å². The van der Waals surface area contributed by atoms with Crippen LogP contribution >= 0.6 is 0 Å². The number of hydrogen-bond acceptors (Lipinski definition) is 3. The van der Waals surface area contributed by atoms with Crippen molar-refractivity contribution in [1.29, 1.82) is 0 Å². The largest absolute Gasteiger partial charge is 0.379 e. The number of aromatic nitrogens is 2. The minimum absolute atomic E-state index is 0.453. The lowest BCUT2D eigenvalue weighted by Gasteiger charge is -2.24. The van der Waals surface area contributed by atoms with Crippen LogP contribution in [0.2, 0.25) is 0 Å². The molecule has 0 spiro atoms. The molecular weight excluding hydrogens is 190 g/mol. The average molecular weight is 209 g/mol. The monoisotopic (exact) mass is 209 g/mol. The van der Waals surface area contributed by atoms with Crippen LogP contribution in [0.15, 0.2) is 6.20 Å². The second-order valence-electron chi connectivity index (χ2n) is 4.01. The van der Waals surface area contributed by atoms with Gasteiger partial charge in [-0.2, -0.15) is 0 Å². The van der Waals surface area contributed by atoms with Gasteiger partial charge in [-0.3, -0.25) is 0 Å². The number of nitrogens with zero attached hydrogens (tertiary/aromatic N) is 2. The number of hydrogen-bond donors (Lipinski definition) is 1. The van der Waals surface area contributed by atoms with Gasteiger partial charge < -0.3 is 14.6 Å². The van der Waals surface area contributed by atoms with E-state index in [1.807, 2.05) is 6.92 Å². The summed E-state index contributed by atoms with van der Waals surface area (Å²) in [6.07, 6.45) is 4.44. The molecule has 1 aliphatic heterocycles. The first-order valence-corrected chi connectivity index (χ1v) is 5.68. The molecule has 0 radical (unpaired) electrons. The molecule has 2 rings (SSSR count). The van der Waals surface area contributed by atoms with E-state index in [0.717, 1.165) is 37.8 Å². The molecule has 1 saturated heterocycles. The van der Waals surface area contributed by atoms with Crippen molar-refractivity contribution in [3.8, 4) is 0 Å². The van der Waals surface area contributed by atoms with Crippen LogP contribution in [0.1, 0.15) is 31.5 Å². The van der Waals surface area contributed by atoms with Crippen molar-refractivity contribution >= 4 is 5.95 Å². The number of aryl methyl sites for hydroxylation is 1. The molecule has 1 unspecified atom stereocenters. The van der Waals surface area contributed by atoms with Crippen molar-refractivity contribution < 1.29 is 4.74 Å². The van der Waals surface area contributed by atoms with Gasteiger partial charge in [0.2, 0.25) is 5.95 Å². The minimum Gasteiger partial charge on any atom is -0.379 e. The Bertz CT molecular complexity index is 316. The Morgan fingerprint density at radius 1 is 1.67 bits per heavy atom. The predicted octanol–water partition coefficient (Wildman–Crippen LogP) is 1.97. The zero-order valence-electron chi connectivity index (χ0n) is 9.49. The summed E-state index contributed by atoms with van der Waals surface area (Å²) in [6, 6.07) is 0.453. The minimum atomic E-state index is 0.453. The molecule has 1 aromatic rings. The van der Waals surface area contributed by atoms with Crippen molar-refractivity contribution in [1.82, 2.24) is 9.55 Å². The number of anilines is 1. The Morgan fingerprint density at radius 3 is 3.20 bits per heavy atom. The van der Waals surface area contributed by atoms with Crippen molar-refractivity contribution in [3.63, 3.8) is 0 Å². The molecule has 0 aliphatic carbocycles. The molecular formula is C11H19N3O. The van der Waals surface area contributed by atoms with Crippen LogP contribution < -0.4 is 5.32 Å². The smallest absolute Gasteiger partial charge is 0.203 e. The van der Waals surface area contributed by atoms with Crippen LogP contribution in [0, 0.1) is 6.92 Å². The number of rotatable bonds is 3. The molecule has 0 bridgehead atoms. The molecule has 1 fully saturated rings. The first-order valence-electron chi connectivity index (χ1n) is 5.68. The molecule has 0 saturated carbocycles. The fourth-order valence-electron chi connectivity index (χ4n) is 2.03. The van der Waals surface area contributed by atoms with Gasteiger partial charge in [0.1, 0.15) is 0 Å². The molecule has 1 aliphatic rings. The maximum absolute atomic E-state index is 5.50. The van der Waals surface area contributed by atoms with Crippen LogP contribution in [-0.4, -0.2) is 29.3 Å². The van der Waals surface area contributed by atoms with Crippen molar-refractivity contribution in [3.05, 3.63) is 11.9 Å². The Labute approximate surface area is 90.6 Å². The van der Waals surface area contributed by atoms with Gasteiger partial charge in [0.05, 0.1) is 18.3 Å². The Balaban J connectivity index is 2.17. The lowest BCUT2D eigenvalue weighted by molar-refractivity contribution is 0.0598. The molecule has 4 heteroatoms. The first-order chi connectivity index (χ1) is 7.31. The summed E-state index contributed by atoms with van der Waals surface area (Å²) in [5, 5.41) is 3.29. The van der Waals surface area contributed by atoms with E-state index in [1.54, 1.807) is 0 Å². The van der Waals surface area contributed by atoms with E-state index in [2.05, 4.69) is 28.0 Å². The molecule has 4 nitrogen and oxygen atoms in total. The highest BCUT2D eigenvalue weighted by molar-refractivity contribution is 5.29. The van der Waals surface area contributed by atoms with E-state index >= 15 is 0 Å². The van der Waals surface area contributed by atoms with Gasteiger partial charge in [0.25, 0.3) is 0 Å². The van der Waals surface area contributed by atoms with Crippen LogP contribution in [0.3, 0.4) is 0 Å². The normalized spacial score (nSPS) is 21.6. The van der Waals surface area contributed by atoms with Crippen molar-refractivity contribution in [2.45, 2.75) is 32.7 Å². The highest BCUT2D eigenvalue weighted by Crippen LogP contribution is 2.23. The van der Waals surface area contributed by atoms with E-state index in [4.69, 9.17) is 4.74 Å². The highest BCUT2D eigenvalue weighted by atomic mass is 16.5. The average Bonchev–Trinajstić information content (AvgIpc) is 2.62. The fourth-order valence-corrected chi connectivity index (χ4v) is 2.03. The van der Waals surface area contributed by atoms with E-state index < -0.39 is 0 Å². The maximum Gasteiger partial charge on any atom is 0.203 e. The SMILES string of the molecule is CCNc1nc(C)cn1C1CCCOC1. The lowest BCUT2D eigenvalue weighted by atomic mass is 10.1. The third-order valence-corrected chi connectivity index (χ3v) is 2.72. The third kappa shape index (κ3) is 2.31. The topological polar surface area (TPSA) is 39.1 Å². The quantitative estimate of drug-likeness (QED) is 0.827. The summed E-state index contributed by atoms with van der Waals surface area (Å²) in [5.74, 6) is 0.977. The number of ether oxygens (including phenoxy) is 1. The molecule has 15 heavy (non-hydrogen) atoms. The molecule has 84 valence electrons. The van der Waals surface area contributed by atoms with Gasteiger partial charge >= 0.3 is 0 Å². The van der Waals surface area contributed by atoms with Gasteiger partial charge in [0.15, 0.2) is 0 Å². The molecule has 1 N–H and O–H groups in total. The first kappa shape index (κ1) is 10.5. The summed E-state index contributed by atoms with van der Waals surface area (Å²) < 4.78 is 7.72. The van der Waals surface area contributed by atoms with Gasteiger partial charge in [-0.15, -0.1) is 0 Å². The maximum atomic E-state index is 5.50. The van der Waals surface area contributed by atoms with Crippen LogP contribution in [0.5, 0.6) is 0 Å². The fraction of sp³-hybridized carbons (Fsp3) is 0.727.